The number of fused-ring (bicyclic) bond motifs is 1. The fourth-order valence-electron chi connectivity index (χ4n) is 2.96. The third kappa shape index (κ3) is 2.81. The number of anilines is 1. The van der Waals surface area contributed by atoms with E-state index < -0.39 is 0 Å². The molecule has 2 aromatic carbocycles. The van der Waals surface area contributed by atoms with Gasteiger partial charge in [0.1, 0.15) is 24.0 Å². The highest BCUT2D eigenvalue weighted by Crippen LogP contribution is 2.38. The molecule has 24 heavy (non-hydrogen) atoms. The fourth-order valence-corrected chi connectivity index (χ4v) is 3.15. The van der Waals surface area contributed by atoms with Gasteiger partial charge in [-0.25, -0.2) is 9.97 Å². The quantitative estimate of drug-likeness (QED) is 0.750. The van der Waals surface area contributed by atoms with Gasteiger partial charge in [-0.1, -0.05) is 41.9 Å². The van der Waals surface area contributed by atoms with Crippen molar-refractivity contribution in [2.45, 2.75) is 19.1 Å². The first-order valence-corrected chi connectivity index (χ1v) is 8.18. The maximum Gasteiger partial charge on any atom is 0.130 e. The minimum absolute atomic E-state index is 0.0342. The second kappa shape index (κ2) is 6.13. The molecule has 0 bridgehead atoms. The first-order chi connectivity index (χ1) is 11.7. The molecule has 1 aliphatic heterocycles. The van der Waals surface area contributed by atoms with E-state index in [4.69, 9.17) is 16.3 Å². The van der Waals surface area contributed by atoms with Gasteiger partial charge in [0.25, 0.3) is 0 Å². The smallest absolute Gasteiger partial charge is 0.130 e. The molecule has 0 spiro atoms. The van der Waals surface area contributed by atoms with Crippen LogP contribution >= 0.6 is 11.6 Å². The lowest BCUT2D eigenvalue weighted by Gasteiger charge is -2.17. The lowest BCUT2D eigenvalue weighted by Crippen LogP contribution is -2.22. The van der Waals surface area contributed by atoms with Crippen molar-refractivity contribution >= 4 is 17.4 Å². The van der Waals surface area contributed by atoms with Crippen LogP contribution in [0.2, 0.25) is 5.02 Å². The van der Waals surface area contributed by atoms with E-state index in [0.717, 1.165) is 28.4 Å². The van der Waals surface area contributed by atoms with Crippen LogP contribution in [0.15, 0.2) is 60.9 Å². The average Bonchev–Trinajstić information content (AvgIpc) is 2.91. The maximum atomic E-state index is 6.07. The maximum absolute atomic E-state index is 6.07. The summed E-state index contributed by atoms with van der Waals surface area (Å²) in [5, 5.41) is 4.15. The molecular formula is C19H16ClN3O. The van der Waals surface area contributed by atoms with Gasteiger partial charge in [0.05, 0.1) is 11.7 Å². The highest BCUT2D eigenvalue weighted by molar-refractivity contribution is 6.30. The first-order valence-electron chi connectivity index (χ1n) is 7.81. The molecule has 0 saturated carbocycles. The van der Waals surface area contributed by atoms with Crippen LogP contribution in [0.5, 0.6) is 5.75 Å². The van der Waals surface area contributed by atoms with Crippen LogP contribution in [0, 0.1) is 0 Å². The highest BCUT2D eigenvalue weighted by atomic mass is 35.5. The molecule has 5 heteroatoms. The fraction of sp³-hybridized carbons (Fsp3) is 0.158. The van der Waals surface area contributed by atoms with Crippen LogP contribution in [0.25, 0.3) is 11.3 Å². The topological polar surface area (TPSA) is 47.0 Å². The van der Waals surface area contributed by atoms with E-state index in [1.807, 2.05) is 48.5 Å². The Kier molecular flexibility index (Phi) is 3.82. The van der Waals surface area contributed by atoms with Gasteiger partial charge in [-0.05, 0) is 25.1 Å². The highest BCUT2D eigenvalue weighted by Gasteiger charge is 2.31. The van der Waals surface area contributed by atoms with Crippen molar-refractivity contribution in [1.29, 1.82) is 0 Å². The van der Waals surface area contributed by atoms with Crippen LogP contribution in [-0.4, -0.2) is 16.1 Å². The third-order valence-corrected chi connectivity index (χ3v) is 4.36. The molecule has 4 nitrogen and oxygen atoms in total. The molecule has 0 radical (unpaired) electrons. The summed E-state index contributed by atoms with van der Waals surface area (Å²) in [4.78, 5) is 8.70. The van der Waals surface area contributed by atoms with E-state index in [-0.39, 0.29) is 12.1 Å². The summed E-state index contributed by atoms with van der Waals surface area (Å²) in [6, 6.07) is 17.7. The van der Waals surface area contributed by atoms with Crippen molar-refractivity contribution in [3.05, 3.63) is 71.5 Å². The van der Waals surface area contributed by atoms with Crippen molar-refractivity contribution in [2.75, 3.05) is 5.32 Å². The van der Waals surface area contributed by atoms with E-state index in [1.54, 1.807) is 6.33 Å². The third-order valence-electron chi connectivity index (χ3n) is 4.13. The SMILES string of the molecule is CC1Oc2ccccc2C1Nc1cc(-c2cccc(Cl)c2)ncn1. The van der Waals surface area contributed by atoms with Gasteiger partial charge in [-0.15, -0.1) is 0 Å². The number of halogens is 1. The molecule has 1 aromatic heterocycles. The van der Waals surface area contributed by atoms with Gasteiger partial charge in [0.15, 0.2) is 0 Å². The predicted molar refractivity (Wildman–Crippen MR) is 95.4 cm³/mol. The zero-order valence-electron chi connectivity index (χ0n) is 13.1. The number of nitrogens with zero attached hydrogens (tertiary/aromatic N) is 2. The van der Waals surface area contributed by atoms with E-state index in [2.05, 4.69) is 28.3 Å². The molecule has 3 aromatic rings. The van der Waals surface area contributed by atoms with Crippen LogP contribution < -0.4 is 10.1 Å². The van der Waals surface area contributed by atoms with Gasteiger partial charge in [-0.2, -0.15) is 0 Å². The minimum Gasteiger partial charge on any atom is -0.488 e. The minimum atomic E-state index is 0.0342. The summed E-state index contributed by atoms with van der Waals surface area (Å²) in [6.07, 6.45) is 1.59. The van der Waals surface area contributed by atoms with Crippen molar-refractivity contribution in [3.63, 3.8) is 0 Å². The van der Waals surface area contributed by atoms with Crippen molar-refractivity contribution in [2.24, 2.45) is 0 Å². The standard InChI is InChI=1S/C19H16ClN3O/c1-12-19(15-7-2-3-8-17(15)24-12)23-18-10-16(21-11-22-18)13-5-4-6-14(20)9-13/h2-12,19H,1H3,(H,21,22,23). The Hall–Kier alpha value is -2.59. The zero-order chi connectivity index (χ0) is 16.5. The molecule has 2 atom stereocenters. The number of ether oxygens (including phenoxy) is 1. The van der Waals surface area contributed by atoms with Gasteiger partial charge < -0.3 is 10.1 Å². The largest absolute Gasteiger partial charge is 0.488 e. The zero-order valence-corrected chi connectivity index (χ0v) is 13.9. The second-order valence-electron chi connectivity index (χ2n) is 5.78. The van der Waals surface area contributed by atoms with Crippen LogP contribution in [0.3, 0.4) is 0 Å². The van der Waals surface area contributed by atoms with E-state index in [9.17, 15) is 0 Å². The Balaban J connectivity index is 1.63. The Bertz CT molecular complexity index is 884. The molecule has 4 rings (SSSR count). The van der Waals surface area contributed by atoms with Gasteiger partial charge in [0.2, 0.25) is 0 Å². The van der Waals surface area contributed by atoms with Gasteiger partial charge in [0, 0.05) is 22.2 Å². The molecule has 0 aliphatic carbocycles. The van der Waals surface area contributed by atoms with Crippen LogP contribution in [0.1, 0.15) is 18.5 Å². The van der Waals surface area contributed by atoms with Crippen LogP contribution in [0.4, 0.5) is 5.82 Å². The molecular weight excluding hydrogens is 322 g/mol. The van der Waals surface area contributed by atoms with Crippen molar-refractivity contribution in [1.82, 2.24) is 9.97 Å². The molecule has 0 saturated heterocycles. The summed E-state index contributed by atoms with van der Waals surface area (Å²) in [6.45, 7) is 2.05. The number of hydrogen-bond donors (Lipinski definition) is 1. The molecule has 0 amide bonds. The van der Waals surface area contributed by atoms with Crippen molar-refractivity contribution < 1.29 is 4.74 Å². The Morgan fingerprint density at radius 2 is 1.92 bits per heavy atom. The number of rotatable bonds is 3. The lowest BCUT2D eigenvalue weighted by atomic mass is 10.0. The normalized spacial score (nSPS) is 18.8. The van der Waals surface area contributed by atoms with E-state index in [1.165, 1.54) is 0 Å². The second-order valence-corrected chi connectivity index (χ2v) is 6.22. The molecule has 2 heterocycles. The van der Waals surface area contributed by atoms with Crippen molar-refractivity contribution in [3.8, 4) is 17.0 Å². The Morgan fingerprint density at radius 3 is 2.79 bits per heavy atom. The molecule has 2 unspecified atom stereocenters. The first kappa shape index (κ1) is 15.0. The average molecular weight is 338 g/mol. The monoisotopic (exact) mass is 337 g/mol. The van der Waals surface area contributed by atoms with Crippen LogP contribution in [-0.2, 0) is 0 Å². The molecule has 1 N–H and O–H groups in total. The number of hydrogen-bond acceptors (Lipinski definition) is 4. The number of para-hydroxylation sites is 1. The number of nitrogens with one attached hydrogen (secondary N) is 1. The molecule has 0 fully saturated rings. The summed E-state index contributed by atoms with van der Waals surface area (Å²) in [5.41, 5.74) is 2.94. The number of benzene rings is 2. The summed E-state index contributed by atoms with van der Waals surface area (Å²) >= 11 is 6.07. The predicted octanol–water partition coefficient (Wildman–Crippen LogP) is 4.73. The molecule has 1 aliphatic rings. The van der Waals surface area contributed by atoms with E-state index >= 15 is 0 Å². The summed E-state index contributed by atoms with van der Waals surface area (Å²) in [5.74, 6) is 1.68. The van der Waals surface area contributed by atoms with Gasteiger partial charge >= 0.3 is 0 Å². The van der Waals surface area contributed by atoms with E-state index in [0.29, 0.717) is 5.02 Å². The van der Waals surface area contributed by atoms with Gasteiger partial charge in [-0.3, -0.25) is 0 Å². The Labute approximate surface area is 145 Å². The number of aromatic nitrogens is 2. The summed E-state index contributed by atoms with van der Waals surface area (Å²) in [7, 11) is 0. The summed E-state index contributed by atoms with van der Waals surface area (Å²) < 4.78 is 5.90. The Morgan fingerprint density at radius 1 is 1.04 bits per heavy atom. The lowest BCUT2D eigenvalue weighted by molar-refractivity contribution is 0.235. The molecule has 120 valence electrons.